The Morgan fingerprint density at radius 2 is 1.79 bits per heavy atom. The minimum absolute atomic E-state index is 0.123. The Bertz CT molecular complexity index is 1040. The van der Waals surface area contributed by atoms with Gasteiger partial charge < -0.3 is 14.8 Å². The third-order valence-electron chi connectivity index (χ3n) is 5.53. The zero-order valence-corrected chi connectivity index (χ0v) is 20.6. The van der Waals surface area contributed by atoms with Crippen molar-refractivity contribution in [3.8, 4) is 11.5 Å². The number of piperidine rings is 1. The van der Waals surface area contributed by atoms with E-state index in [1.54, 1.807) is 12.1 Å². The van der Waals surface area contributed by atoms with E-state index in [0.29, 0.717) is 62.1 Å². The smallest absolute Gasteiger partial charge is 0.243 e. The highest BCUT2D eigenvalue weighted by atomic mass is 35.5. The Hall–Kier alpha value is -2.29. The Morgan fingerprint density at radius 3 is 2.48 bits per heavy atom. The molecule has 9 heteroatoms. The highest BCUT2D eigenvalue weighted by molar-refractivity contribution is 7.89. The van der Waals surface area contributed by atoms with Crippen molar-refractivity contribution >= 4 is 27.5 Å². The second-order valence-corrected chi connectivity index (χ2v) is 10.2. The van der Waals surface area contributed by atoms with Gasteiger partial charge in [0.05, 0.1) is 24.0 Å². The first-order valence-corrected chi connectivity index (χ1v) is 13.1. The Kier molecular flexibility index (Phi) is 9.00. The molecule has 7 nitrogen and oxygen atoms in total. The standard InChI is InChI=1S/C24H31ClN2O5S/c1-3-31-22-12-7-18(16-23(22)32-4-2)13-14-26-24(28)19-6-5-15-27(17-19)33(29,30)21-10-8-20(25)9-11-21/h7-12,16,19H,3-6,13-15,17H2,1-2H3,(H,26,28)/t19-/m0/s1. The van der Waals surface area contributed by atoms with Crippen molar-refractivity contribution in [3.63, 3.8) is 0 Å². The molecule has 1 fully saturated rings. The summed E-state index contributed by atoms with van der Waals surface area (Å²) >= 11 is 5.88. The third-order valence-corrected chi connectivity index (χ3v) is 7.66. The third kappa shape index (κ3) is 6.62. The van der Waals surface area contributed by atoms with E-state index >= 15 is 0 Å². The van der Waals surface area contributed by atoms with Gasteiger partial charge in [-0.25, -0.2) is 8.42 Å². The van der Waals surface area contributed by atoms with Gasteiger partial charge in [0.1, 0.15) is 0 Å². The van der Waals surface area contributed by atoms with Crippen molar-refractivity contribution in [1.82, 2.24) is 9.62 Å². The van der Waals surface area contributed by atoms with Crippen LogP contribution in [0.4, 0.5) is 0 Å². The van der Waals surface area contributed by atoms with E-state index in [4.69, 9.17) is 21.1 Å². The van der Waals surface area contributed by atoms with Gasteiger partial charge in [0.2, 0.25) is 15.9 Å². The maximum absolute atomic E-state index is 13.0. The molecule has 1 saturated heterocycles. The average molecular weight is 495 g/mol. The van der Waals surface area contributed by atoms with Crippen molar-refractivity contribution in [2.75, 3.05) is 32.8 Å². The molecule has 0 unspecified atom stereocenters. The van der Waals surface area contributed by atoms with Crippen LogP contribution in [-0.2, 0) is 21.2 Å². The molecule has 0 aliphatic carbocycles. The summed E-state index contributed by atoms with van der Waals surface area (Å²) in [6, 6.07) is 11.9. The van der Waals surface area contributed by atoms with Crippen LogP contribution >= 0.6 is 11.6 Å². The molecule has 2 aromatic rings. The number of nitrogens with one attached hydrogen (secondary N) is 1. The molecule has 180 valence electrons. The molecule has 1 atom stereocenters. The topological polar surface area (TPSA) is 84.9 Å². The molecular formula is C24H31ClN2O5S. The van der Waals surface area contributed by atoms with Crippen LogP contribution in [0.3, 0.4) is 0 Å². The van der Waals surface area contributed by atoms with Crippen molar-refractivity contribution in [2.45, 2.75) is 38.0 Å². The van der Waals surface area contributed by atoms with Crippen molar-refractivity contribution in [1.29, 1.82) is 0 Å². The number of hydrogen-bond donors (Lipinski definition) is 1. The van der Waals surface area contributed by atoms with Gasteiger partial charge in [0.25, 0.3) is 0 Å². The maximum atomic E-state index is 13.0. The van der Waals surface area contributed by atoms with Crippen LogP contribution in [-0.4, -0.2) is 51.5 Å². The molecule has 1 amide bonds. The summed E-state index contributed by atoms with van der Waals surface area (Å²) in [5, 5.41) is 3.44. The van der Waals surface area contributed by atoms with Crippen LogP contribution < -0.4 is 14.8 Å². The zero-order chi connectivity index (χ0) is 23.8. The summed E-state index contributed by atoms with van der Waals surface area (Å²) < 4.78 is 38.5. The molecule has 1 heterocycles. The lowest BCUT2D eigenvalue weighted by Crippen LogP contribution is -2.45. The van der Waals surface area contributed by atoms with Gasteiger partial charge in [-0.3, -0.25) is 4.79 Å². The first-order chi connectivity index (χ1) is 15.8. The Morgan fingerprint density at radius 1 is 1.09 bits per heavy atom. The number of sulfonamides is 1. The number of amides is 1. The van der Waals surface area contributed by atoms with Crippen LogP contribution in [0.1, 0.15) is 32.3 Å². The zero-order valence-electron chi connectivity index (χ0n) is 19.1. The fourth-order valence-electron chi connectivity index (χ4n) is 3.86. The monoisotopic (exact) mass is 494 g/mol. The molecule has 0 saturated carbocycles. The lowest BCUT2D eigenvalue weighted by molar-refractivity contribution is -0.126. The molecule has 0 radical (unpaired) electrons. The average Bonchev–Trinajstić information content (AvgIpc) is 2.81. The molecule has 3 rings (SSSR count). The number of carbonyl (C=O) groups is 1. The molecule has 0 aromatic heterocycles. The van der Waals surface area contributed by atoms with Crippen LogP contribution in [0.15, 0.2) is 47.4 Å². The Labute approximate surface area is 201 Å². The second-order valence-electron chi connectivity index (χ2n) is 7.84. The largest absolute Gasteiger partial charge is 0.490 e. The number of rotatable bonds is 10. The van der Waals surface area contributed by atoms with Gasteiger partial charge in [-0.15, -0.1) is 0 Å². The van der Waals surface area contributed by atoms with Crippen molar-refractivity contribution in [3.05, 3.63) is 53.1 Å². The Balaban J connectivity index is 1.56. The van der Waals surface area contributed by atoms with Gasteiger partial charge in [0.15, 0.2) is 11.5 Å². The van der Waals surface area contributed by atoms with E-state index < -0.39 is 10.0 Å². The first kappa shape index (κ1) is 25.3. The highest BCUT2D eigenvalue weighted by Crippen LogP contribution is 2.29. The van der Waals surface area contributed by atoms with Crippen molar-refractivity contribution in [2.24, 2.45) is 5.92 Å². The molecular weight excluding hydrogens is 464 g/mol. The fourth-order valence-corrected chi connectivity index (χ4v) is 5.51. The number of hydrogen-bond acceptors (Lipinski definition) is 5. The lowest BCUT2D eigenvalue weighted by atomic mass is 9.99. The maximum Gasteiger partial charge on any atom is 0.243 e. The van der Waals surface area contributed by atoms with E-state index in [9.17, 15) is 13.2 Å². The van der Waals surface area contributed by atoms with E-state index in [1.807, 2.05) is 32.0 Å². The van der Waals surface area contributed by atoms with Crippen LogP contribution in [0, 0.1) is 5.92 Å². The molecule has 1 aliphatic rings. The van der Waals surface area contributed by atoms with Gasteiger partial charge in [-0.2, -0.15) is 4.31 Å². The number of halogens is 1. The number of ether oxygens (including phenoxy) is 2. The second kappa shape index (κ2) is 11.7. The quantitative estimate of drug-likeness (QED) is 0.541. The fraction of sp³-hybridized carbons (Fsp3) is 0.458. The van der Waals surface area contributed by atoms with Crippen LogP contribution in [0.25, 0.3) is 0 Å². The summed E-state index contributed by atoms with van der Waals surface area (Å²) in [7, 11) is -3.66. The molecule has 1 N–H and O–H groups in total. The van der Waals surface area contributed by atoms with Crippen molar-refractivity contribution < 1.29 is 22.7 Å². The summed E-state index contributed by atoms with van der Waals surface area (Å²) in [6.07, 6.45) is 1.94. The van der Waals surface area contributed by atoms with E-state index in [1.165, 1.54) is 16.4 Å². The van der Waals surface area contributed by atoms with Gasteiger partial charge in [-0.1, -0.05) is 17.7 Å². The molecule has 0 spiro atoms. The minimum Gasteiger partial charge on any atom is -0.490 e. The van der Waals surface area contributed by atoms with Gasteiger partial charge in [-0.05, 0) is 75.1 Å². The first-order valence-electron chi connectivity index (χ1n) is 11.3. The molecule has 2 aromatic carbocycles. The normalized spacial score (nSPS) is 16.9. The minimum atomic E-state index is -3.66. The number of nitrogens with zero attached hydrogens (tertiary/aromatic N) is 1. The molecule has 0 bridgehead atoms. The molecule has 33 heavy (non-hydrogen) atoms. The van der Waals surface area contributed by atoms with E-state index in [2.05, 4.69) is 5.32 Å². The van der Waals surface area contributed by atoms with Crippen LogP contribution in [0.5, 0.6) is 11.5 Å². The van der Waals surface area contributed by atoms with Gasteiger partial charge >= 0.3 is 0 Å². The predicted molar refractivity (Wildman–Crippen MR) is 128 cm³/mol. The summed E-state index contributed by atoms with van der Waals surface area (Å²) in [4.78, 5) is 12.9. The van der Waals surface area contributed by atoms with Crippen LogP contribution in [0.2, 0.25) is 5.02 Å². The highest BCUT2D eigenvalue weighted by Gasteiger charge is 2.33. The lowest BCUT2D eigenvalue weighted by Gasteiger charge is -2.31. The van der Waals surface area contributed by atoms with Gasteiger partial charge in [0, 0.05) is 24.7 Å². The number of benzene rings is 2. The predicted octanol–water partition coefficient (Wildman–Crippen LogP) is 3.90. The SMILES string of the molecule is CCOc1ccc(CCNC(=O)[C@H]2CCCN(S(=O)(=O)c3ccc(Cl)cc3)C2)cc1OCC. The summed E-state index contributed by atoms with van der Waals surface area (Å²) in [5.41, 5.74) is 1.03. The summed E-state index contributed by atoms with van der Waals surface area (Å²) in [6.45, 7) is 5.97. The number of carbonyl (C=O) groups excluding carboxylic acids is 1. The summed E-state index contributed by atoms with van der Waals surface area (Å²) in [5.74, 6) is 0.900. The molecule has 1 aliphatic heterocycles. The van der Waals surface area contributed by atoms with E-state index in [-0.39, 0.29) is 23.3 Å². The van der Waals surface area contributed by atoms with E-state index in [0.717, 1.165) is 5.56 Å².